The minimum absolute atomic E-state index is 0.174. The van der Waals surface area contributed by atoms with Crippen LogP contribution in [0.3, 0.4) is 0 Å². The SMILES string of the molecule is CCCNC(=O)N1[C@H](CO)[C@H](c2ccc(C#CCN(C)C)cc2)[C@@H]1C#N. The lowest BCUT2D eigenvalue weighted by molar-refractivity contribution is 0.0169. The van der Waals surface area contributed by atoms with Crippen molar-refractivity contribution in [2.24, 2.45) is 0 Å². The molecule has 0 radical (unpaired) electrons. The zero-order chi connectivity index (χ0) is 19.1. The number of carbonyl (C=O) groups is 1. The average Bonchev–Trinajstić information content (AvgIpc) is 2.61. The van der Waals surface area contributed by atoms with Gasteiger partial charge in [0.25, 0.3) is 0 Å². The summed E-state index contributed by atoms with van der Waals surface area (Å²) < 4.78 is 0. The van der Waals surface area contributed by atoms with Crippen molar-refractivity contribution in [1.29, 1.82) is 5.26 Å². The monoisotopic (exact) mass is 354 g/mol. The lowest BCUT2D eigenvalue weighted by Crippen LogP contribution is -2.67. The molecule has 0 saturated carbocycles. The normalized spacial score (nSPS) is 21.4. The molecule has 1 aliphatic heterocycles. The molecule has 138 valence electrons. The molecular weight excluding hydrogens is 328 g/mol. The Morgan fingerprint density at radius 2 is 2.04 bits per heavy atom. The molecule has 1 saturated heterocycles. The fourth-order valence-electron chi connectivity index (χ4n) is 3.10. The molecule has 0 spiro atoms. The van der Waals surface area contributed by atoms with Crippen LogP contribution in [0.5, 0.6) is 0 Å². The van der Waals surface area contributed by atoms with E-state index in [0.29, 0.717) is 13.1 Å². The number of hydrogen-bond acceptors (Lipinski definition) is 4. The summed E-state index contributed by atoms with van der Waals surface area (Å²) in [7, 11) is 3.93. The van der Waals surface area contributed by atoms with Crippen molar-refractivity contribution in [3.63, 3.8) is 0 Å². The second kappa shape index (κ2) is 9.24. The van der Waals surface area contributed by atoms with Crippen LogP contribution in [0.1, 0.15) is 30.4 Å². The quantitative estimate of drug-likeness (QED) is 0.783. The maximum Gasteiger partial charge on any atom is 0.318 e. The van der Waals surface area contributed by atoms with Crippen LogP contribution in [-0.4, -0.2) is 66.8 Å². The van der Waals surface area contributed by atoms with Crippen molar-refractivity contribution in [1.82, 2.24) is 15.1 Å². The smallest absolute Gasteiger partial charge is 0.318 e. The van der Waals surface area contributed by atoms with Crippen LogP contribution >= 0.6 is 0 Å². The van der Waals surface area contributed by atoms with Gasteiger partial charge < -0.3 is 15.3 Å². The molecule has 1 aromatic rings. The first-order chi connectivity index (χ1) is 12.5. The van der Waals surface area contributed by atoms with Gasteiger partial charge in [-0.05, 0) is 38.2 Å². The van der Waals surface area contributed by atoms with Crippen LogP contribution in [0.4, 0.5) is 4.79 Å². The lowest BCUT2D eigenvalue weighted by Gasteiger charge is -2.51. The number of carbonyl (C=O) groups excluding carboxylic acids is 1. The fraction of sp³-hybridized carbons (Fsp3) is 0.500. The number of amides is 2. The van der Waals surface area contributed by atoms with Crippen LogP contribution in [0.15, 0.2) is 24.3 Å². The summed E-state index contributed by atoms with van der Waals surface area (Å²) in [6.45, 7) is 3.03. The van der Waals surface area contributed by atoms with Crippen molar-refractivity contribution in [2.75, 3.05) is 33.8 Å². The second-order valence-corrected chi connectivity index (χ2v) is 6.65. The summed E-state index contributed by atoms with van der Waals surface area (Å²) in [6.07, 6.45) is 0.820. The van der Waals surface area contributed by atoms with E-state index < -0.39 is 6.04 Å². The summed E-state index contributed by atoms with van der Waals surface area (Å²) in [6, 6.07) is 8.64. The Morgan fingerprint density at radius 1 is 1.35 bits per heavy atom. The summed E-state index contributed by atoms with van der Waals surface area (Å²) in [5.74, 6) is 5.99. The van der Waals surface area contributed by atoms with E-state index in [1.807, 2.05) is 50.2 Å². The lowest BCUT2D eigenvalue weighted by atomic mass is 9.76. The number of rotatable bonds is 5. The first kappa shape index (κ1) is 19.8. The van der Waals surface area contributed by atoms with Gasteiger partial charge >= 0.3 is 6.03 Å². The van der Waals surface area contributed by atoms with Crippen molar-refractivity contribution < 1.29 is 9.90 Å². The average molecular weight is 354 g/mol. The number of nitrogens with zero attached hydrogens (tertiary/aromatic N) is 3. The first-order valence-electron chi connectivity index (χ1n) is 8.83. The Labute approximate surface area is 155 Å². The number of likely N-dealkylation sites (tertiary alicyclic amines) is 1. The molecule has 1 aliphatic rings. The van der Waals surface area contributed by atoms with Crippen LogP contribution < -0.4 is 5.32 Å². The van der Waals surface area contributed by atoms with Crippen LogP contribution in [0, 0.1) is 23.2 Å². The van der Waals surface area contributed by atoms with Gasteiger partial charge in [0.1, 0.15) is 6.04 Å². The summed E-state index contributed by atoms with van der Waals surface area (Å²) in [5, 5.41) is 22.0. The Hall–Kier alpha value is -2.54. The van der Waals surface area contributed by atoms with Crippen molar-refractivity contribution in [2.45, 2.75) is 31.3 Å². The topological polar surface area (TPSA) is 79.6 Å². The molecule has 2 rings (SSSR count). The second-order valence-electron chi connectivity index (χ2n) is 6.65. The van der Waals surface area contributed by atoms with Gasteiger partial charge in [-0.1, -0.05) is 30.9 Å². The predicted octanol–water partition coefficient (Wildman–Crippen LogP) is 1.37. The third-order valence-electron chi connectivity index (χ3n) is 4.42. The molecule has 1 fully saturated rings. The van der Waals surface area contributed by atoms with Crippen molar-refractivity contribution in [3.05, 3.63) is 35.4 Å². The van der Waals surface area contributed by atoms with Gasteiger partial charge in [-0.2, -0.15) is 5.26 Å². The first-order valence-corrected chi connectivity index (χ1v) is 8.83. The number of nitriles is 1. The number of nitrogens with one attached hydrogen (secondary N) is 1. The summed E-state index contributed by atoms with van der Waals surface area (Å²) in [4.78, 5) is 15.7. The molecule has 0 bridgehead atoms. The molecular formula is C20H26N4O2. The standard InChI is InChI=1S/C20H26N4O2/c1-4-11-22-20(26)24-17(13-21)19(18(24)14-25)16-9-7-15(8-10-16)6-5-12-23(2)3/h7-10,17-19,25H,4,11-12,14H2,1-3H3,(H,22,26)/t17-,18+,19+/m0/s1. The van der Waals surface area contributed by atoms with E-state index in [1.54, 1.807) is 0 Å². The van der Waals surface area contributed by atoms with Crippen molar-refractivity contribution in [3.8, 4) is 17.9 Å². The van der Waals surface area contributed by atoms with E-state index in [4.69, 9.17) is 0 Å². The van der Waals surface area contributed by atoms with Gasteiger partial charge in [-0.25, -0.2) is 4.79 Å². The Kier molecular flexibility index (Phi) is 7.03. The molecule has 6 heteroatoms. The molecule has 0 aliphatic carbocycles. The number of urea groups is 1. The molecule has 6 nitrogen and oxygen atoms in total. The highest BCUT2D eigenvalue weighted by atomic mass is 16.3. The number of benzene rings is 1. The van der Waals surface area contributed by atoms with E-state index in [2.05, 4.69) is 23.2 Å². The van der Waals surface area contributed by atoms with Gasteiger partial charge in [0.15, 0.2) is 0 Å². The summed E-state index contributed by atoms with van der Waals surface area (Å²) in [5.41, 5.74) is 1.84. The third kappa shape index (κ3) is 4.35. The highest BCUT2D eigenvalue weighted by Crippen LogP contribution is 2.40. The van der Waals surface area contributed by atoms with Crippen molar-refractivity contribution >= 4 is 6.03 Å². The van der Waals surface area contributed by atoms with Crippen LogP contribution in [0.25, 0.3) is 0 Å². The minimum Gasteiger partial charge on any atom is -0.394 e. The van der Waals surface area contributed by atoms with Gasteiger partial charge in [-0.3, -0.25) is 4.90 Å². The highest BCUT2D eigenvalue weighted by Gasteiger charge is 2.51. The predicted molar refractivity (Wildman–Crippen MR) is 100 cm³/mol. The Morgan fingerprint density at radius 3 is 2.58 bits per heavy atom. The third-order valence-corrected chi connectivity index (χ3v) is 4.42. The van der Waals surface area contributed by atoms with Gasteiger partial charge in [0, 0.05) is 18.0 Å². The maximum absolute atomic E-state index is 12.3. The largest absolute Gasteiger partial charge is 0.394 e. The van der Waals surface area contributed by atoms with Crippen LogP contribution in [0.2, 0.25) is 0 Å². The summed E-state index contributed by atoms with van der Waals surface area (Å²) >= 11 is 0. The highest BCUT2D eigenvalue weighted by molar-refractivity contribution is 5.77. The number of aliphatic hydroxyl groups is 1. The number of aliphatic hydroxyl groups excluding tert-OH is 1. The zero-order valence-electron chi connectivity index (χ0n) is 15.6. The Bertz CT molecular complexity index is 712. The van der Waals surface area contributed by atoms with E-state index in [1.165, 1.54) is 4.90 Å². The molecule has 1 heterocycles. The molecule has 0 unspecified atom stereocenters. The molecule has 2 N–H and O–H groups in total. The van der Waals surface area contributed by atoms with Crippen LogP contribution in [-0.2, 0) is 0 Å². The van der Waals surface area contributed by atoms with E-state index in [0.717, 1.165) is 17.5 Å². The fourth-order valence-corrected chi connectivity index (χ4v) is 3.10. The minimum atomic E-state index is -0.574. The number of hydrogen-bond donors (Lipinski definition) is 2. The molecule has 3 atom stereocenters. The van der Waals surface area contributed by atoms with E-state index >= 15 is 0 Å². The maximum atomic E-state index is 12.3. The molecule has 1 aromatic carbocycles. The molecule has 0 aromatic heterocycles. The molecule has 26 heavy (non-hydrogen) atoms. The van der Waals surface area contributed by atoms with E-state index in [-0.39, 0.29) is 24.6 Å². The van der Waals surface area contributed by atoms with Gasteiger partial charge in [0.2, 0.25) is 0 Å². The Balaban J connectivity index is 2.13. The molecule has 2 amide bonds. The van der Waals surface area contributed by atoms with Gasteiger partial charge in [-0.15, -0.1) is 0 Å². The van der Waals surface area contributed by atoms with E-state index in [9.17, 15) is 15.2 Å². The van der Waals surface area contributed by atoms with Gasteiger partial charge in [0.05, 0.1) is 25.3 Å². The zero-order valence-corrected chi connectivity index (χ0v) is 15.6.